The van der Waals surface area contributed by atoms with Gasteiger partial charge in [0.05, 0.1) is 6.61 Å². The summed E-state index contributed by atoms with van der Waals surface area (Å²) in [5.41, 5.74) is 0.732. The number of benzene rings is 1. The monoisotopic (exact) mass is 241 g/mol. The summed E-state index contributed by atoms with van der Waals surface area (Å²) in [6.45, 7) is 1.97. The highest BCUT2D eigenvalue weighted by molar-refractivity contribution is 6.58. The van der Waals surface area contributed by atoms with Crippen LogP contribution in [0.4, 0.5) is 4.39 Å². The molecular formula is C11H17BFNO3. The summed E-state index contributed by atoms with van der Waals surface area (Å²) in [5, 5.41) is 18.0. The Labute approximate surface area is 101 Å². The highest BCUT2D eigenvalue weighted by Gasteiger charge is 2.16. The van der Waals surface area contributed by atoms with E-state index in [0.29, 0.717) is 13.2 Å². The van der Waals surface area contributed by atoms with Crippen LogP contribution in [0.15, 0.2) is 18.2 Å². The van der Waals surface area contributed by atoms with Gasteiger partial charge in [-0.1, -0.05) is 12.1 Å². The molecular weight excluding hydrogens is 224 g/mol. The van der Waals surface area contributed by atoms with E-state index in [4.69, 9.17) is 14.8 Å². The molecule has 0 aromatic heterocycles. The lowest BCUT2D eigenvalue weighted by atomic mass is 9.79. The van der Waals surface area contributed by atoms with Gasteiger partial charge in [0.2, 0.25) is 0 Å². The number of likely N-dealkylation sites (N-methyl/N-ethyl adjacent to an activating group) is 1. The van der Waals surface area contributed by atoms with Crippen LogP contribution in [-0.2, 0) is 11.3 Å². The zero-order valence-electron chi connectivity index (χ0n) is 10.1. The van der Waals surface area contributed by atoms with Crippen LogP contribution in [0.3, 0.4) is 0 Å². The largest absolute Gasteiger partial charge is 0.491 e. The van der Waals surface area contributed by atoms with Gasteiger partial charge in [-0.15, -0.1) is 0 Å². The van der Waals surface area contributed by atoms with Crippen molar-refractivity contribution in [2.75, 3.05) is 27.3 Å². The van der Waals surface area contributed by atoms with Gasteiger partial charge in [-0.3, -0.25) is 4.90 Å². The van der Waals surface area contributed by atoms with Crippen LogP contribution >= 0.6 is 0 Å². The SMILES string of the molecule is COCCN(C)Cc1ccc(F)c(B(O)O)c1. The third-order valence-electron chi connectivity index (χ3n) is 2.47. The van der Waals surface area contributed by atoms with Gasteiger partial charge < -0.3 is 14.8 Å². The third kappa shape index (κ3) is 4.43. The van der Waals surface area contributed by atoms with Crippen LogP contribution in [0.5, 0.6) is 0 Å². The van der Waals surface area contributed by atoms with Crippen molar-refractivity contribution in [2.24, 2.45) is 0 Å². The van der Waals surface area contributed by atoms with Gasteiger partial charge in [0.15, 0.2) is 0 Å². The molecule has 0 spiro atoms. The molecule has 0 saturated heterocycles. The lowest BCUT2D eigenvalue weighted by Gasteiger charge is -2.16. The number of hydrogen-bond acceptors (Lipinski definition) is 4. The van der Waals surface area contributed by atoms with Crippen molar-refractivity contribution in [3.8, 4) is 0 Å². The summed E-state index contributed by atoms with van der Waals surface area (Å²) in [4.78, 5) is 2.00. The second kappa shape index (κ2) is 6.71. The third-order valence-corrected chi connectivity index (χ3v) is 2.47. The van der Waals surface area contributed by atoms with Gasteiger partial charge in [0.1, 0.15) is 5.82 Å². The molecule has 0 amide bonds. The van der Waals surface area contributed by atoms with Gasteiger partial charge >= 0.3 is 7.12 Å². The van der Waals surface area contributed by atoms with Crippen molar-refractivity contribution in [3.63, 3.8) is 0 Å². The normalized spacial score (nSPS) is 10.9. The zero-order chi connectivity index (χ0) is 12.8. The molecule has 2 N–H and O–H groups in total. The van der Waals surface area contributed by atoms with E-state index in [2.05, 4.69) is 0 Å². The van der Waals surface area contributed by atoms with Crippen molar-refractivity contribution < 1.29 is 19.2 Å². The summed E-state index contributed by atoms with van der Waals surface area (Å²) in [6, 6.07) is 4.34. The Hall–Kier alpha value is -0.945. The summed E-state index contributed by atoms with van der Waals surface area (Å²) in [7, 11) is 1.77. The Kier molecular flexibility index (Phi) is 5.57. The Bertz CT molecular complexity index is 363. The topological polar surface area (TPSA) is 52.9 Å². The Morgan fingerprint density at radius 1 is 1.41 bits per heavy atom. The number of methoxy groups -OCH3 is 1. The molecule has 0 bridgehead atoms. The molecule has 6 heteroatoms. The van der Waals surface area contributed by atoms with E-state index in [0.717, 1.165) is 12.1 Å². The van der Waals surface area contributed by atoms with E-state index in [1.54, 1.807) is 13.2 Å². The fourth-order valence-electron chi connectivity index (χ4n) is 1.53. The van der Waals surface area contributed by atoms with Crippen molar-refractivity contribution in [3.05, 3.63) is 29.6 Å². The molecule has 0 radical (unpaired) electrons. The maximum Gasteiger partial charge on any atom is 0.491 e. The van der Waals surface area contributed by atoms with Gasteiger partial charge in [-0.2, -0.15) is 0 Å². The molecule has 0 aliphatic heterocycles. The molecule has 0 unspecified atom stereocenters. The predicted octanol–water partition coefficient (Wildman–Crippen LogP) is -0.416. The number of rotatable bonds is 6. The first-order valence-electron chi connectivity index (χ1n) is 5.36. The number of nitrogens with zero attached hydrogens (tertiary/aromatic N) is 1. The maximum absolute atomic E-state index is 13.2. The summed E-state index contributed by atoms with van der Waals surface area (Å²) >= 11 is 0. The molecule has 0 saturated carbocycles. The average molecular weight is 241 g/mol. The van der Waals surface area contributed by atoms with Crippen LogP contribution in [0.2, 0.25) is 0 Å². The van der Waals surface area contributed by atoms with Crippen molar-refractivity contribution >= 4 is 12.6 Å². The number of ether oxygens (including phenoxy) is 1. The molecule has 0 fully saturated rings. The summed E-state index contributed by atoms with van der Waals surface area (Å²) in [6.07, 6.45) is 0. The van der Waals surface area contributed by atoms with Crippen LogP contribution in [-0.4, -0.2) is 49.4 Å². The average Bonchev–Trinajstić information content (AvgIpc) is 2.28. The summed E-state index contributed by atoms with van der Waals surface area (Å²) < 4.78 is 18.2. The predicted molar refractivity (Wildman–Crippen MR) is 64.4 cm³/mol. The van der Waals surface area contributed by atoms with Crippen molar-refractivity contribution in [1.29, 1.82) is 0 Å². The highest BCUT2D eigenvalue weighted by Crippen LogP contribution is 2.04. The summed E-state index contributed by atoms with van der Waals surface area (Å²) in [5.74, 6) is -0.608. The molecule has 1 rings (SSSR count). The van der Waals surface area contributed by atoms with E-state index < -0.39 is 12.9 Å². The minimum Gasteiger partial charge on any atom is -0.423 e. The van der Waals surface area contributed by atoms with Crippen LogP contribution in [0.1, 0.15) is 5.56 Å². The molecule has 4 nitrogen and oxygen atoms in total. The first kappa shape index (κ1) is 14.1. The van der Waals surface area contributed by atoms with E-state index in [9.17, 15) is 4.39 Å². The lowest BCUT2D eigenvalue weighted by Crippen LogP contribution is -2.33. The second-order valence-corrected chi connectivity index (χ2v) is 3.96. The van der Waals surface area contributed by atoms with Gasteiger partial charge in [0.25, 0.3) is 0 Å². The van der Waals surface area contributed by atoms with Gasteiger partial charge in [0, 0.05) is 25.7 Å². The smallest absolute Gasteiger partial charge is 0.423 e. The molecule has 0 atom stereocenters. The molecule has 17 heavy (non-hydrogen) atoms. The minimum atomic E-state index is -1.78. The van der Waals surface area contributed by atoms with Crippen molar-refractivity contribution in [1.82, 2.24) is 4.90 Å². The second-order valence-electron chi connectivity index (χ2n) is 3.96. The molecule has 0 aliphatic rings. The Morgan fingerprint density at radius 3 is 2.71 bits per heavy atom. The van der Waals surface area contributed by atoms with E-state index >= 15 is 0 Å². The van der Waals surface area contributed by atoms with E-state index in [1.807, 2.05) is 11.9 Å². The van der Waals surface area contributed by atoms with E-state index in [-0.39, 0.29) is 5.46 Å². The minimum absolute atomic E-state index is 0.0948. The zero-order valence-corrected chi connectivity index (χ0v) is 10.1. The van der Waals surface area contributed by atoms with Crippen LogP contribution < -0.4 is 5.46 Å². The lowest BCUT2D eigenvalue weighted by molar-refractivity contribution is 0.158. The molecule has 0 aliphatic carbocycles. The maximum atomic E-state index is 13.2. The van der Waals surface area contributed by atoms with Gasteiger partial charge in [-0.05, 0) is 18.7 Å². The number of hydrogen-bond donors (Lipinski definition) is 2. The van der Waals surface area contributed by atoms with E-state index in [1.165, 1.54) is 12.1 Å². The number of halogens is 1. The Morgan fingerprint density at radius 2 is 2.12 bits per heavy atom. The fraction of sp³-hybridized carbons (Fsp3) is 0.455. The molecule has 94 valence electrons. The quantitative estimate of drug-likeness (QED) is 0.664. The van der Waals surface area contributed by atoms with Gasteiger partial charge in [-0.25, -0.2) is 4.39 Å². The fourth-order valence-corrected chi connectivity index (χ4v) is 1.53. The molecule has 0 heterocycles. The standard InChI is InChI=1S/C11H17BFNO3/c1-14(5-6-17-2)8-9-3-4-11(13)10(7-9)12(15)16/h3-4,7,15-16H,5-6,8H2,1-2H3. The molecule has 1 aromatic rings. The van der Waals surface area contributed by atoms with Crippen molar-refractivity contribution in [2.45, 2.75) is 6.54 Å². The molecule has 1 aromatic carbocycles. The Balaban J connectivity index is 2.68. The first-order valence-corrected chi connectivity index (χ1v) is 5.36. The van der Waals surface area contributed by atoms with Crippen LogP contribution in [0.25, 0.3) is 0 Å². The first-order chi connectivity index (χ1) is 8.04. The van der Waals surface area contributed by atoms with Crippen LogP contribution in [0, 0.1) is 5.82 Å². The highest BCUT2D eigenvalue weighted by atomic mass is 19.1.